The summed E-state index contributed by atoms with van der Waals surface area (Å²) >= 11 is 0. The number of benzene rings is 3. The molecule has 1 heterocycles. The molecule has 0 bridgehead atoms. The maximum absolute atomic E-state index is 13.8. The van der Waals surface area contributed by atoms with Crippen LogP contribution in [0.3, 0.4) is 0 Å². The van der Waals surface area contributed by atoms with Crippen LogP contribution in [-0.4, -0.2) is 12.4 Å². The van der Waals surface area contributed by atoms with Crippen LogP contribution in [0.25, 0.3) is 0 Å². The van der Waals surface area contributed by atoms with Gasteiger partial charge in [-0.1, -0.05) is 68.4 Å². The summed E-state index contributed by atoms with van der Waals surface area (Å²) in [6.45, 7) is 4.91. The molecule has 0 atom stereocenters. The zero-order valence-corrected chi connectivity index (χ0v) is 17.3. The molecule has 4 rings (SSSR count). The van der Waals surface area contributed by atoms with Crippen LogP contribution in [0.1, 0.15) is 13.8 Å². The molecule has 29 heavy (non-hydrogen) atoms. The third-order valence-corrected chi connectivity index (χ3v) is 5.94. The van der Waals surface area contributed by atoms with Crippen molar-refractivity contribution in [2.45, 2.75) is 13.8 Å². The molecule has 148 valence electrons. The van der Waals surface area contributed by atoms with Crippen LogP contribution >= 0.6 is 7.75 Å². The second kappa shape index (κ2) is 7.76. The molecule has 0 N–H and O–H groups in total. The highest BCUT2D eigenvalue weighted by molar-refractivity contribution is 7.53. The van der Waals surface area contributed by atoms with Crippen molar-refractivity contribution >= 4 is 19.3 Å². The molecule has 1 aliphatic heterocycles. The van der Waals surface area contributed by atoms with Crippen molar-refractivity contribution in [3.05, 3.63) is 91.0 Å². The second-order valence-corrected chi connectivity index (χ2v) is 9.01. The van der Waals surface area contributed by atoms with Crippen LogP contribution in [0, 0.1) is 5.41 Å². The zero-order chi connectivity index (χ0) is 20.3. The van der Waals surface area contributed by atoms with Gasteiger partial charge in [-0.25, -0.2) is 4.57 Å². The second-order valence-electron chi connectivity index (χ2n) is 7.51. The molecule has 0 spiro atoms. The van der Waals surface area contributed by atoms with Crippen LogP contribution in [0.2, 0.25) is 0 Å². The van der Waals surface area contributed by atoms with E-state index in [-0.39, 0.29) is 5.41 Å². The lowest BCUT2D eigenvalue weighted by atomic mass is 9.82. The number of hydrogen-bond acceptors (Lipinski definition) is 3. The first-order valence-corrected chi connectivity index (χ1v) is 11.0. The van der Waals surface area contributed by atoms with Gasteiger partial charge in [0.25, 0.3) is 0 Å². The molecule has 6 heteroatoms. The van der Waals surface area contributed by atoms with Crippen LogP contribution in [-0.2, 0) is 4.57 Å². The van der Waals surface area contributed by atoms with Gasteiger partial charge >= 0.3 is 7.75 Å². The average molecular weight is 406 g/mol. The van der Waals surface area contributed by atoms with Gasteiger partial charge in [-0.05, 0) is 36.4 Å². The quantitative estimate of drug-likeness (QED) is 0.458. The van der Waals surface area contributed by atoms with Gasteiger partial charge in [-0.2, -0.15) is 0 Å². The Morgan fingerprint density at radius 3 is 1.69 bits per heavy atom. The molecule has 0 saturated carbocycles. The predicted molar refractivity (Wildman–Crippen MR) is 117 cm³/mol. The molecule has 3 aromatic rings. The summed E-state index contributed by atoms with van der Waals surface area (Å²) in [4.78, 5) is 2.04. The topological polar surface area (TPSA) is 51.1 Å². The SMILES string of the molecule is CC1(C)CN(c2ccccc2)/C1=N/P(=O)(Oc1ccccc1)Oc1ccccc1. The van der Waals surface area contributed by atoms with Gasteiger partial charge < -0.3 is 13.9 Å². The minimum atomic E-state index is -3.88. The first-order valence-electron chi connectivity index (χ1n) is 9.48. The van der Waals surface area contributed by atoms with Crippen molar-refractivity contribution in [1.29, 1.82) is 0 Å². The highest BCUT2D eigenvalue weighted by Crippen LogP contribution is 2.52. The van der Waals surface area contributed by atoms with Gasteiger partial charge in [0.2, 0.25) is 0 Å². The van der Waals surface area contributed by atoms with Crippen molar-refractivity contribution in [2.24, 2.45) is 10.2 Å². The Bertz CT molecular complexity index is 992. The van der Waals surface area contributed by atoms with Crippen LogP contribution in [0.15, 0.2) is 95.8 Å². The van der Waals surface area contributed by atoms with Crippen molar-refractivity contribution in [2.75, 3.05) is 11.4 Å². The van der Waals surface area contributed by atoms with Gasteiger partial charge in [-0.15, -0.1) is 4.76 Å². The van der Waals surface area contributed by atoms with Crippen molar-refractivity contribution in [3.63, 3.8) is 0 Å². The Morgan fingerprint density at radius 1 is 0.793 bits per heavy atom. The van der Waals surface area contributed by atoms with Gasteiger partial charge in [0.15, 0.2) is 0 Å². The molecule has 1 fully saturated rings. The molecule has 0 unspecified atom stereocenters. The normalized spacial score (nSPS) is 16.9. The summed E-state index contributed by atoms with van der Waals surface area (Å²) in [7, 11) is -3.88. The first-order chi connectivity index (χ1) is 14.0. The maximum atomic E-state index is 13.8. The molecular formula is C23H23N2O3P. The lowest BCUT2D eigenvalue weighted by molar-refractivity contribution is 0.383. The number of hydrogen-bond donors (Lipinski definition) is 0. The van der Waals surface area contributed by atoms with E-state index in [1.165, 1.54) is 0 Å². The third-order valence-electron chi connectivity index (χ3n) is 4.63. The number of para-hydroxylation sites is 3. The molecule has 5 nitrogen and oxygen atoms in total. The monoisotopic (exact) mass is 406 g/mol. The number of nitrogens with zero attached hydrogens (tertiary/aromatic N) is 2. The molecule has 0 amide bonds. The molecule has 3 aromatic carbocycles. The smallest absolute Gasteiger partial charge is 0.399 e. The maximum Gasteiger partial charge on any atom is 0.565 e. The fourth-order valence-corrected chi connectivity index (χ4v) is 4.74. The van der Waals surface area contributed by atoms with Gasteiger partial charge in [0.05, 0.1) is 0 Å². The van der Waals surface area contributed by atoms with Crippen LogP contribution in [0.5, 0.6) is 11.5 Å². The largest absolute Gasteiger partial charge is 0.565 e. The standard InChI is InChI=1S/C23H23N2O3P/c1-23(2)18-25(19-12-6-3-7-13-19)22(23)24-29(26,27-20-14-8-4-9-15-20)28-21-16-10-5-11-17-21/h3-17H,18H2,1-2H3/b24-22+. The van der Waals surface area contributed by atoms with E-state index < -0.39 is 7.75 Å². The van der Waals surface area contributed by atoms with E-state index in [0.717, 1.165) is 12.2 Å². The minimum absolute atomic E-state index is 0.244. The highest BCUT2D eigenvalue weighted by atomic mass is 31.2. The number of amidine groups is 1. The van der Waals surface area contributed by atoms with E-state index in [4.69, 9.17) is 9.05 Å². The minimum Gasteiger partial charge on any atom is -0.399 e. The van der Waals surface area contributed by atoms with Crippen LogP contribution in [0.4, 0.5) is 5.69 Å². The summed E-state index contributed by atoms with van der Waals surface area (Å²) in [5.74, 6) is 1.57. The Kier molecular flexibility index (Phi) is 5.16. The van der Waals surface area contributed by atoms with E-state index in [1.807, 2.05) is 71.6 Å². The zero-order valence-electron chi connectivity index (χ0n) is 16.4. The van der Waals surface area contributed by atoms with Gasteiger partial charge in [-0.3, -0.25) is 0 Å². The van der Waals surface area contributed by atoms with E-state index >= 15 is 0 Å². The summed E-state index contributed by atoms with van der Waals surface area (Å²) in [5, 5.41) is 0. The highest BCUT2D eigenvalue weighted by Gasteiger charge is 2.45. The Hall–Kier alpha value is -3.04. The average Bonchev–Trinajstić information content (AvgIpc) is 2.73. The fraction of sp³-hybridized carbons (Fsp3) is 0.174. The van der Waals surface area contributed by atoms with E-state index in [9.17, 15) is 4.57 Å². The number of rotatable bonds is 6. The Balaban J connectivity index is 1.72. The third kappa shape index (κ3) is 4.36. The van der Waals surface area contributed by atoms with E-state index in [0.29, 0.717) is 17.3 Å². The van der Waals surface area contributed by atoms with Gasteiger partial charge in [0.1, 0.15) is 17.3 Å². The van der Waals surface area contributed by atoms with Crippen molar-refractivity contribution in [3.8, 4) is 11.5 Å². The number of anilines is 1. The molecule has 0 aromatic heterocycles. The van der Waals surface area contributed by atoms with Gasteiger partial charge in [0, 0.05) is 17.6 Å². The Labute approximate surface area is 171 Å². The molecule has 0 aliphatic carbocycles. The summed E-state index contributed by atoms with van der Waals surface area (Å²) in [6, 6.07) is 27.9. The van der Waals surface area contributed by atoms with Crippen molar-refractivity contribution < 1.29 is 13.6 Å². The summed E-state index contributed by atoms with van der Waals surface area (Å²) < 4.78 is 29.9. The lowest BCUT2D eigenvalue weighted by Crippen LogP contribution is -2.58. The summed E-state index contributed by atoms with van der Waals surface area (Å²) in [6.07, 6.45) is 0. The van der Waals surface area contributed by atoms with Crippen molar-refractivity contribution in [1.82, 2.24) is 0 Å². The molecule has 1 saturated heterocycles. The molecule has 1 aliphatic rings. The fourth-order valence-electron chi connectivity index (χ4n) is 3.23. The van der Waals surface area contributed by atoms with E-state index in [2.05, 4.69) is 18.6 Å². The van der Waals surface area contributed by atoms with Crippen LogP contribution < -0.4 is 13.9 Å². The van der Waals surface area contributed by atoms with E-state index in [1.54, 1.807) is 24.3 Å². The molecular weight excluding hydrogens is 383 g/mol. The molecule has 0 radical (unpaired) electrons. The Morgan fingerprint density at radius 2 is 1.24 bits per heavy atom. The summed E-state index contributed by atoms with van der Waals surface area (Å²) in [5.41, 5.74) is 0.752. The lowest BCUT2D eigenvalue weighted by Gasteiger charge is -2.48. The predicted octanol–water partition coefficient (Wildman–Crippen LogP) is 6.20. The first kappa shape index (κ1) is 19.3.